The molecule has 0 spiro atoms. The first-order valence-corrected chi connectivity index (χ1v) is 11.7. The standard InChI is InChI=1S/C14H26ClN3O9P2/c1-16-6-4-7-18(13(20)17(2)3)12-11(19)9-14(10-15,26-12)5-8-25-29(23,24)27-28(21)22/h4,7,11-12,16,19H,5-6,8-10H2,1-3H3,(H-,21,22,23,24)/p+1. The van der Waals surface area contributed by atoms with E-state index in [4.69, 9.17) is 21.2 Å². The third-order valence-corrected chi connectivity index (χ3v) is 6.36. The van der Waals surface area contributed by atoms with Crippen LogP contribution in [0.5, 0.6) is 0 Å². The van der Waals surface area contributed by atoms with Crippen LogP contribution in [0.15, 0.2) is 12.3 Å². The van der Waals surface area contributed by atoms with Gasteiger partial charge in [-0.25, -0.2) is 9.36 Å². The average molecular weight is 479 g/mol. The molecular formula is C14H27ClN3O9P2+. The lowest BCUT2D eigenvalue weighted by molar-refractivity contribution is -0.0968. The molecule has 1 aliphatic rings. The van der Waals surface area contributed by atoms with Crippen molar-refractivity contribution in [1.29, 1.82) is 0 Å². The molecule has 29 heavy (non-hydrogen) atoms. The van der Waals surface area contributed by atoms with Crippen LogP contribution in [0.25, 0.3) is 0 Å². The number of rotatable bonds is 11. The topological polar surface area (TPSA) is 158 Å². The van der Waals surface area contributed by atoms with Gasteiger partial charge in [-0.3, -0.25) is 14.3 Å². The van der Waals surface area contributed by atoms with E-state index in [-0.39, 0.29) is 18.7 Å². The Bertz CT molecular complexity index is 654. The van der Waals surface area contributed by atoms with Crippen molar-refractivity contribution >= 4 is 33.7 Å². The van der Waals surface area contributed by atoms with E-state index in [0.29, 0.717) is 6.54 Å². The van der Waals surface area contributed by atoms with Gasteiger partial charge in [0.05, 0.1) is 18.1 Å². The Hall–Kier alpha value is -0.650. The number of aliphatic hydroxyl groups is 1. The van der Waals surface area contributed by atoms with E-state index in [0.717, 1.165) is 0 Å². The maximum absolute atomic E-state index is 12.5. The Labute approximate surface area is 174 Å². The highest BCUT2D eigenvalue weighted by atomic mass is 35.5. The molecule has 0 aliphatic carbocycles. The molecule has 0 aromatic carbocycles. The fourth-order valence-electron chi connectivity index (χ4n) is 2.65. The van der Waals surface area contributed by atoms with E-state index < -0.39 is 46.6 Å². The number of amides is 2. The molecule has 5 unspecified atom stereocenters. The van der Waals surface area contributed by atoms with E-state index in [9.17, 15) is 23.9 Å². The fourth-order valence-corrected chi connectivity index (χ4v) is 4.17. The number of aliphatic hydroxyl groups excluding tert-OH is 1. The number of nitrogens with zero attached hydrogens (tertiary/aromatic N) is 2. The van der Waals surface area contributed by atoms with Crippen LogP contribution < -0.4 is 5.32 Å². The summed E-state index contributed by atoms with van der Waals surface area (Å²) < 4.78 is 36.5. The highest BCUT2D eigenvalue weighted by Crippen LogP contribution is 2.51. The summed E-state index contributed by atoms with van der Waals surface area (Å²) in [5.41, 5.74) is -1.16. The van der Waals surface area contributed by atoms with Gasteiger partial charge in [-0.05, 0) is 11.4 Å². The van der Waals surface area contributed by atoms with Crippen LogP contribution >= 0.6 is 27.7 Å². The highest BCUT2D eigenvalue weighted by molar-refractivity contribution is 7.55. The smallest absolute Gasteiger partial charge is 0.388 e. The Morgan fingerprint density at radius 2 is 2.17 bits per heavy atom. The minimum absolute atomic E-state index is 0.0342. The van der Waals surface area contributed by atoms with Crippen molar-refractivity contribution in [2.45, 2.75) is 30.8 Å². The van der Waals surface area contributed by atoms with E-state index >= 15 is 0 Å². The first kappa shape index (κ1) is 26.4. The number of carbonyl (C=O) groups excluding carboxylic acids is 1. The molecule has 0 aromatic heterocycles. The maximum atomic E-state index is 12.5. The number of ether oxygens (including phenoxy) is 1. The summed E-state index contributed by atoms with van der Waals surface area (Å²) in [6.07, 6.45) is 1.04. The third kappa shape index (κ3) is 8.18. The predicted molar refractivity (Wildman–Crippen MR) is 104 cm³/mol. The number of urea groups is 1. The average Bonchev–Trinajstić information content (AvgIpc) is 2.93. The lowest BCUT2D eigenvalue weighted by atomic mass is 9.97. The molecule has 12 nitrogen and oxygen atoms in total. The summed E-state index contributed by atoms with van der Waals surface area (Å²) in [7, 11) is -3.21. The number of carbonyl (C=O) groups is 1. The van der Waals surface area contributed by atoms with Crippen LogP contribution in [0, 0.1) is 0 Å². The largest absolute Gasteiger partial charge is 0.705 e. The predicted octanol–water partition coefficient (Wildman–Crippen LogP) is 0.961. The molecule has 0 radical (unpaired) electrons. The number of nitrogens with one attached hydrogen (secondary N) is 1. The van der Waals surface area contributed by atoms with Gasteiger partial charge < -0.3 is 20.1 Å². The van der Waals surface area contributed by atoms with Crippen molar-refractivity contribution in [3.63, 3.8) is 0 Å². The van der Waals surface area contributed by atoms with Crippen LogP contribution in [0.2, 0.25) is 0 Å². The Kier molecular flexibility index (Phi) is 10.6. The second-order valence-corrected chi connectivity index (χ2v) is 9.09. The number of halogens is 1. The minimum Gasteiger partial charge on any atom is -0.388 e. The van der Waals surface area contributed by atoms with E-state index in [1.54, 1.807) is 27.2 Å². The molecule has 1 rings (SSSR count). The van der Waals surface area contributed by atoms with Crippen LogP contribution in [-0.2, 0) is 22.7 Å². The van der Waals surface area contributed by atoms with Gasteiger partial charge in [0.1, 0.15) is 6.10 Å². The zero-order chi connectivity index (χ0) is 22.2. The monoisotopic (exact) mass is 478 g/mol. The number of hydrogen-bond donors (Lipinski definition) is 4. The number of alkyl halides is 1. The van der Waals surface area contributed by atoms with Gasteiger partial charge >= 0.3 is 22.1 Å². The normalized spacial score (nSPS) is 27.1. The molecule has 1 aliphatic heterocycles. The molecule has 1 heterocycles. The summed E-state index contributed by atoms with van der Waals surface area (Å²) in [5.74, 6) is -0.0982. The summed E-state index contributed by atoms with van der Waals surface area (Å²) in [6.45, 7) is 0.0771. The Morgan fingerprint density at radius 1 is 1.52 bits per heavy atom. The molecule has 168 valence electrons. The van der Waals surface area contributed by atoms with Gasteiger partial charge in [0.25, 0.3) is 0 Å². The van der Waals surface area contributed by atoms with Gasteiger partial charge in [-0.2, -0.15) is 0 Å². The summed E-state index contributed by atoms with van der Waals surface area (Å²) in [5, 5.41) is 13.4. The van der Waals surface area contributed by atoms with Gasteiger partial charge in [0, 0.05) is 44.2 Å². The van der Waals surface area contributed by atoms with Crippen molar-refractivity contribution in [3.8, 4) is 0 Å². The SMILES string of the molecule is CNCC=CN(C(=O)N(C)C)C1OC(CCl)(CCOP(=O)(O)O[P+](=O)O)CC1O. The molecule has 2 amide bonds. The molecule has 4 N–H and O–H groups in total. The summed E-state index contributed by atoms with van der Waals surface area (Å²) in [6, 6.07) is -0.428. The number of hydrogen-bond acceptors (Lipinski definition) is 8. The van der Waals surface area contributed by atoms with Gasteiger partial charge in [0.2, 0.25) is 0 Å². The molecule has 0 aromatic rings. The first-order chi connectivity index (χ1) is 13.5. The first-order valence-electron chi connectivity index (χ1n) is 8.53. The van der Waals surface area contributed by atoms with E-state index in [1.165, 1.54) is 16.0 Å². The van der Waals surface area contributed by atoms with Crippen LogP contribution in [-0.4, -0.2) is 88.8 Å². The summed E-state index contributed by atoms with van der Waals surface area (Å²) in [4.78, 5) is 32.9. The molecule has 0 saturated carbocycles. The van der Waals surface area contributed by atoms with E-state index in [1.807, 2.05) is 0 Å². The minimum atomic E-state index is -4.73. The van der Waals surface area contributed by atoms with E-state index in [2.05, 4.69) is 14.2 Å². The van der Waals surface area contributed by atoms with Crippen LogP contribution in [0.4, 0.5) is 4.79 Å². The highest BCUT2D eigenvalue weighted by Gasteiger charge is 2.49. The van der Waals surface area contributed by atoms with Crippen molar-refractivity contribution in [3.05, 3.63) is 12.3 Å². The quantitative estimate of drug-likeness (QED) is 0.249. The molecule has 0 bridgehead atoms. The Balaban J connectivity index is 2.89. The van der Waals surface area contributed by atoms with Gasteiger partial charge in [-0.15, -0.1) is 16.5 Å². The lowest BCUT2D eigenvalue weighted by Crippen LogP contribution is -2.47. The second kappa shape index (κ2) is 11.7. The molecule has 1 saturated heterocycles. The summed E-state index contributed by atoms with van der Waals surface area (Å²) >= 11 is 6.02. The van der Waals surface area contributed by atoms with Gasteiger partial charge in [0.15, 0.2) is 6.23 Å². The zero-order valence-corrected chi connectivity index (χ0v) is 18.8. The Morgan fingerprint density at radius 3 is 2.69 bits per heavy atom. The van der Waals surface area contributed by atoms with Crippen molar-refractivity contribution in [1.82, 2.24) is 15.1 Å². The fraction of sp³-hybridized carbons (Fsp3) is 0.786. The van der Waals surface area contributed by atoms with Crippen LogP contribution in [0.3, 0.4) is 0 Å². The number of phosphoric acid groups is 1. The van der Waals surface area contributed by atoms with Crippen LogP contribution in [0.1, 0.15) is 12.8 Å². The molecular weight excluding hydrogens is 452 g/mol. The number of likely N-dealkylation sites (N-methyl/N-ethyl adjacent to an activating group) is 1. The maximum Gasteiger partial charge on any atom is 0.705 e. The second-order valence-electron chi connectivity index (χ2n) is 6.49. The zero-order valence-electron chi connectivity index (χ0n) is 16.3. The molecule has 15 heteroatoms. The van der Waals surface area contributed by atoms with Crippen molar-refractivity contribution in [2.75, 3.05) is 40.2 Å². The molecule has 5 atom stereocenters. The third-order valence-electron chi connectivity index (χ3n) is 3.98. The van der Waals surface area contributed by atoms with Crippen molar-refractivity contribution in [2.24, 2.45) is 0 Å². The lowest BCUT2D eigenvalue weighted by Gasteiger charge is -2.32. The van der Waals surface area contributed by atoms with Crippen molar-refractivity contribution < 1.29 is 42.4 Å². The van der Waals surface area contributed by atoms with Gasteiger partial charge in [-0.1, -0.05) is 6.08 Å². The molecule has 1 fully saturated rings. The number of phosphoric ester groups is 1.